The summed E-state index contributed by atoms with van der Waals surface area (Å²) in [4.78, 5) is 34.3. The van der Waals surface area contributed by atoms with Crippen LogP contribution in [0, 0.1) is 0 Å². The van der Waals surface area contributed by atoms with E-state index in [1.165, 1.54) is 12.7 Å². The lowest BCUT2D eigenvalue weighted by molar-refractivity contribution is 0.0189. The van der Waals surface area contributed by atoms with Crippen LogP contribution in [0.15, 0.2) is 42.5 Å². The van der Waals surface area contributed by atoms with E-state index in [2.05, 4.69) is 54.8 Å². The molecule has 5 rings (SSSR count). The molecule has 2 aliphatic heterocycles. The molecule has 1 unspecified atom stereocenters. The average molecular weight is 533 g/mol. The summed E-state index contributed by atoms with van der Waals surface area (Å²) in [5.41, 5.74) is 4.72. The molecule has 0 spiro atoms. The molecule has 8 heteroatoms. The maximum atomic E-state index is 12.7. The van der Waals surface area contributed by atoms with E-state index < -0.39 is 5.60 Å². The number of fused-ring (bicyclic) bond motifs is 3. The van der Waals surface area contributed by atoms with E-state index in [1.54, 1.807) is 4.90 Å². The number of methoxy groups -OCH3 is 1. The topological polar surface area (TPSA) is 76.9 Å². The van der Waals surface area contributed by atoms with Gasteiger partial charge in [-0.2, -0.15) is 0 Å². The third kappa shape index (κ3) is 5.21. The van der Waals surface area contributed by atoms with Crippen molar-refractivity contribution in [3.63, 3.8) is 0 Å². The van der Waals surface area contributed by atoms with Crippen molar-refractivity contribution in [2.45, 2.75) is 83.9 Å². The lowest BCUT2D eigenvalue weighted by atomic mass is 9.95. The van der Waals surface area contributed by atoms with E-state index in [9.17, 15) is 9.59 Å². The Kier molecular flexibility index (Phi) is 7.31. The highest BCUT2D eigenvalue weighted by atomic mass is 16.6. The number of piperidine rings is 1. The fourth-order valence-electron chi connectivity index (χ4n) is 6.01. The average Bonchev–Trinajstić information content (AvgIpc) is 3.31. The Labute approximate surface area is 230 Å². The summed E-state index contributed by atoms with van der Waals surface area (Å²) in [6.07, 6.45) is 2.76. The van der Waals surface area contributed by atoms with Crippen LogP contribution in [0.2, 0.25) is 0 Å². The lowest BCUT2D eigenvalue weighted by Gasteiger charge is -2.35. The molecule has 1 saturated heterocycles. The fraction of sp³-hybridized carbons (Fsp3) is 0.516. The van der Waals surface area contributed by atoms with Gasteiger partial charge in [-0.3, -0.25) is 4.90 Å². The minimum absolute atomic E-state index is 0.0596. The van der Waals surface area contributed by atoms with E-state index in [4.69, 9.17) is 14.5 Å². The summed E-state index contributed by atoms with van der Waals surface area (Å²) in [6.45, 7) is 11.2. The number of anilines is 1. The van der Waals surface area contributed by atoms with Gasteiger partial charge in [0.1, 0.15) is 11.4 Å². The first kappa shape index (κ1) is 27.0. The molecule has 0 N–H and O–H groups in total. The van der Waals surface area contributed by atoms with E-state index in [-0.39, 0.29) is 30.2 Å². The molecule has 39 heavy (non-hydrogen) atoms. The first-order valence-electron chi connectivity index (χ1n) is 14.0. The SMILES string of the molecule is COC(=O)N1c2ccc3c(nc(C(C)c4ccccc4)n3C3CCN(C(=O)OC(C)(C)C)CC3)c2CC[C@@H]1C. The number of ether oxygens (including phenoxy) is 2. The highest BCUT2D eigenvalue weighted by Crippen LogP contribution is 2.40. The lowest BCUT2D eigenvalue weighted by Crippen LogP contribution is -2.42. The quantitative estimate of drug-likeness (QED) is 0.377. The van der Waals surface area contributed by atoms with Gasteiger partial charge in [-0.1, -0.05) is 37.3 Å². The number of hydrogen-bond donors (Lipinski definition) is 0. The Morgan fingerprint density at radius 1 is 1.00 bits per heavy atom. The Balaban J connectivity index is 1.56. The van der Waals surface area contributed by atoms with Gasteiger partial charge in [0.05, 0.1) is 23.8 Å². The van der Waals surface area contributed by atoms with Crippen molar-refractivity contribution in [1.82, 2.24) is 14.5 Å². The molecule has 2 amide bonds. The highest BCUT2D eigenvalue weighted by Gasteiger charge is 2.34. The monoisotopic (exact) mass is 532 g/mol. The van der Waals surface area contributed by atoms with Crippen LogP contribution in [-0.2, 0) is 15.9 Å². The van der Waals surface area contributed by atoms with Gasteiger partial charge in [0.15, 0.2) is 0 Å². The van der Waals surface area contributed by atoms with Crippen molar-refractivity contribution in [3.05, 3.63) is 59.4 Å². The third-order valence-corrected chi connectivity index (χ3v) is 8.02. The van der Waals surface area contributed by atoms with Crippen LogP contribution in [0.5, 0.6) is 0 Å². The maximum Gasteiger partial charge on any atom is 0.414 e. The first-order valence-corrected chi connectivity index (χ1v) is 14.0. The van der Waals surface area contributed by atoms with Gasteiger partial charge in [0.2, 0.25) is 0 Å². The predicted molar refractivity (Wildman–Crippen MR) is 152 cm³/mol. The number of hydrogen-bond acceptors (Lipinski definition) is 5. The number of aryl methyl sites for hydroxylation is 1. The standard InChI is InChI=1S/C31H40N4O4/c1-20-12-13-24-25(34(20)30(37)38-6)14-15-26-27(24)32-28(21(2)22-10-8-7-9-11-22)35(26)23-16-18-33(19-17-23)29(36)39-31(3,4)5/h7-11,14-15,20-21,23H,12-13,16-19H2,1-6H3/t20-,21?/m0/s1. The van der Waals surface area contributed by atoms with Gasteiger partial charge >= 0.3 is 12.2 Å². The van der Waals surface area contributed by atoms with Crippen LogP contribution in [0.4, 0.5) is 15.3 Å². The Morgan fingerprint density at radius 3 is 2.33 bits per heavy atom. The second kappa shape index (κ2) is 10.5. The molecule has 2 atom stereocenters. The minimum atomic E-state index is -0.512. The third-order valence-electron chi connectivity index (χ3n) is 8.02. The van der Waals surface area contributed by atoms with Crippen molar-refractivity contribution in [2.75, 3.05) is 25.1 Å². The number of benzene rings is 2. The van der Waals surface area contributed by atoms with Crippen molar-refractivity contribution in [3.8, 4) is 0 Å². The molecule has 2 aromatic carbocycles. The number of amides is 2. The molecule has 0 aliphatic carbocycles. The molecular weight excluding hydrogens is 492 g/mol. The van der Waals surface area contributed by atoms with Crippen LogP contribution in [0.1, 0.15) is 82.8 Å². The number of rotatable bonds is 3. The number of aromatic nitrogens is 2. The molecule has 0 bridgehead atoms. The molecule has 3 heterocycles. The normalized spacial score (nSPS) is 19.1. The molecule has 208 valence electrons. The van der Waals surface area contributed by atoms with Crippen molar-refractivity contribution < 1.29 is 19.1 Å². The summed E-state index contributed by atoms with van der Waals surface area (Å²) in [5, 5.41) is 0. The van der Waals surface area contributed by atoms with Crippen LogP contribution in [0.3, 0.4) is 0 Å². The molecule has 0 saturated carbocycles. The summed E-state index contributed by atoms with van der Waals surface area (Å²) < 4.78 is 13.2. The second-order valence-electron chi connectivity index (χ2n) is 11.8. The number of nitrogens with zero attached hydrogens (tertiary/aromatic N) is 4. The molecule has 0 radical (unpaired) electrons. The molecule has 1 fully saturated rings. The summed E-state index contributed by atoms with van der Waals surface area (Å²) in [5.74, 6) is 1.10. The summed E-state index contributed by atoms with van der Waals surface area (Å²) in [7, 11) is 1.43. The molecule has 2 aliphatic rings. The van der Waals surface area contributed by atoms with Crippen molar-refractivity contribution >= 4 is 28.9 Å². The van der Waals surface area contributed by atoms with E-state index >= 15 is 0 Å². The number of imidazole rings is 1. The van der Waals surface area contributed by atoms with Gasteiger partial charge in [-0.15, -0.1) is 0 Å². The van der Waals surface area contributed by atoms with Crippen LogP contribution >= 0.6 is 0 Å². The maximum absolute atomic E-state index is 12.7. The zero-order valence-electron chi connectivity index (χ0n) is 23.9. The van der Waals surface area contributed by atoms with Crippen LogP contribution in [-0.4, -0.2) is 58.5 Å². The number of carbonyl (C=O) groups excluding carboxylic acids is 2. The smallest absolute Gasteiger partial charge is 0.414 e. The molecule has 1 aromatic heterocycles. The summed E-state index contributed by atoms with van der Waals surface area (Å²) >= 11 is 0. The highest BCUT2D eigenvalue weighted by molar-refractivity contribution is 5.95. The van der Waals surface area contributed by atoms with E-state index in [0.29, 0.717) is 13.1 Å². The molecule has 8 nitrogen and oxygen atoms in total. The van der Waals surface area contributed by atoms with Crippen LogP contribution in [0.25, 0.3) is 11.0 Å². The predicted octanol–water partition coefficient (Wildman–Crippen LogP) is 6.67. The zero-order valence-corrected chi connectivity index (χ0v) is 23.9. The second-order valence-corrected chi connectivity index (χ2v) is 11.8. The molecule has 3 aromatic rings. The molecular formula is C31H40N4O4. The van der Waals surface area contributed by atoms with Gasteiger partial charge < -0.3 is 18.9 Å². The fourth-order valence-corrected chi connectivity index (χ4v) is 6.01. The number of carbonyl (C=O) groups is 2. The van der Waals surface area contributed by atoms with Gasteiger partial charge in [-0.25, -0.2) is 14.6 Å². The Bertz CT molecular complexity index is 1350. The van der Waals surface area contributed by atoms with Crippen LogP contribution < -0.4 is 4.90 Å². The number of likely N-dealkylation sites (tertiary alicyclic amines) is 1. The van der Waals surface area contributed by atoms with E-state index in [1.807, 2.05) is 31.7 Å². The first-order chi connectivity index (χ1) is 18.6. The van der Waals surface area contributed by atoms with Crippen molar-refractivity contribution in [2.24, 2.45) is 0 Å². The van der Waals surface area contributed by atoms with Gasteiger partial charge in [0, 0.05) is 36.7 Å². The Morgan fingerprint density at radius 2 is 1.69 bits per heavy atom. The van der Waals surface area contributed by atoms with Crippen molar-refractivity contribution in [1.29, 1.82) is 0 Å². The summed E-state index contributed by atoms with van der Waals surface area (Å²) in [6, 6.07) is 14.9. The minimum Gasteiger partial charge on any atom is -0.452 e. The zero-order chi connectivity index (χ0) is 27.9. The Hall–Kier alpha value is -3.55. The van der Waals surface area contributed by atoms with Gasteiger partial charge in [0.25, 0.3) is 0 Å². The van der Waals surface area contributed by atoms with Gasteiger partial charge in [-0.05, 0) is 71.1 Å². The van der Waals surface area contributed by atoms with E-state index in [0.717, 1.165) is 53.8 Å². The largest absolute Gasteiger partial charge is 0.452 e.